The highest BCUT2D eigenvalue weighted by molar-refractivity contribution is 7.24. The minimum atomic E-state index is 0.0879. The highest BCUT2D eigenvalue weighted by Crippen LogP contribution is 2.31. The van der Waals surface area contributed by atoms with Gasteiger partial charge in [-0.1, -0.05) is 18.2 Å². The first-order valence-corrected chi connectivity index (χ1v) is 8.35. The lowest BCUT2D eigenvalue weighted by Crippen LogP contribution is -2.09. The quantitative estimate of drug-likeness (QED) is 0.556. The Kier molecular flexibility index (Phi) is 4.71. The molecule has 0 radical (unpaired) electrons. The van der Waals surface area contributed by atoms with Crippen LogP contribution in [0.4, 0.5) is 0 Å². The van der Waals surface area contributed by atoms with Crippen LogP contribution in [0, 0.1) is 0 Å². The van der Waals surface area contributed by atoms with Crippen molar-refractivity contribution in [1.82, 2.24) is 5.32 Å². The van der Waals surface area contributed by atoms with Gasteiger partial charge in [0, 0.05) is 15.5 Å². The number of hydrogen-bond donors (Lipinski definition) is 1. The molecule has 0 saturated heterocycles. The molecule has 1 heterocycles. The standard InChI is InChI=1S/C18H19NO2S/c1-19-11-4-5-12-21-15-9-6-8-14-17(20)13-7-2-3-10-16(13)22-18(14)15/h2-3,6-10,19H,4-5,11-12H2,1H3. The van der Waals surface area contributed by atoms with Crippen molar-refractivity contribution in [3.05, 3.63) is 52.7 Å². The molecule has 1 N–H and O–H groups in total. The Morgan fingerprint density at radius 3 is 2.73 bits per heavy atom. The molecule has 3 nitrogen and oxygen atoms in total. The molecule has 0 saturated carbocycles. The van der Waals surface area contributed by atoms with Gasteiger partial charge in [-0.25, -0.2) is 0 Å². The molecular formula is C18H19NO2S. The summed E-state index contributed by atoms with van der Waals surface area (Å²) in [6, 6.07) is 13.5. The van der Waals surface area contributed by atoms with Crippen molar-refractivity contribution in [2.75, 3.05) is 20.2 Å². The molecule has 0 atom stereocenters. The van der Waals surface area contributed by atoms with E-state index >= 15 is 0 Å². The third-order valence-corrected chi connectivity index (χ3v) is 4.85. The van der Waals surface area contributed by atoms with E-state index < -0.39 is 0 Å². The molecule has 0 aliphatic carbocycles. The van der Waals surface area contributed by atoms with Gasteiger partial charge in [0.2, 0.25) is 0 Å². The summed E-state index contributed by atoms with van der Waals surface area (Å²) in [6.07, 6.45) is 2.08. The number of benzene rings is 2. The maximum atomic E-state index is 12.6. The highest BCUT2D eigenvalue weighted by atomic mass is 32.1. The van der Waals surface area contributed by atoms with Crippen LogP contribution in [0.25, 0.3) is 20.2 Å². The summed E-state index contributed by atoms with van der Waals surface area (Å²) in [7, 11) is 1.95. The van der Waals surface area contributed by atoms with Crippen LogP contribution in [0.5, 0.6) is 5.75 Å². The van der Waals surface area contributed by atoms with Crippen molar-refractivity contribution in [2.24, 2.45) is 0 Å². The molecule has 3 aromatic rings. The van der Waals surface area contributed by atoms with Crippen molar-refractivity contribution >= 4 is 31.5 Å². The summed E-state index contributed by atoms with van der Waals surface area (Å²) < 4.78 is 7.86. The first-order chi connectivity index (χ1) is 10.8. The van der Waals surface area contributed by atoms with E-state index in [0.29, 0.717) is 6.61 Å². The molecular weight excluding hydrogens is 294 g/mol. The lowest BCUT2D eigenvalue weighted by atomic mass is 10.2. The normalized spacial score (nSPS) is 11.1. The molecule has 0 fully saturated rings. The van der Waals surface area contributed by atoms with Gasteiger partial charge in [0.15, 0.2) is 5.43 Å². The highest BCUT2D eigenvalue weighted by Gasteiger charge is 2.09. The number of fused-ring (bicyclic) bond motifs is 2. The van der Waals surface area contributed by atoms with Gasteiger partial charge >= 0.3 is 0 Å². The summed E-state index contributed by atoms with van der Waals surface area (Å²) in [5.74, 6) is 0.815. The third-order valence-electron chi connectivity index (χ3n) is 3.65. The molecule has 1 aromatic heterocycles. The fraction of sp³-hybridized carbons (Fsp3) is 0.278. The van der Waals surface area contributed by atoms with Crippen molar-refractivity contribution in [3.8, 4) is 5.75 Å². The summed E-state index contributed by atoms with van der Waals surface area (Å²) in [5.41, 5.74) is 0.0879. The van der Waals surface area contributed by atoms with Crippen LogP contribution >= 0.6 is 11.3 Å². The van der Waals surface area contributed by atoms with Crippen LogP contribution in [0.3, 0.4) is 0 Å². The minimum absolute atomic E-state index is 0.0879. The average molecular weight is 313 g/mol. The maximum Gasteiger partial charge on any atom is 0.196 e. The van der Waals surface area contributed by atoms with Gasteiger partial charge in [0.05, 0.1) is 11.3 Å². The molecule has 4 heteroatoms. The van der Waals surface area contributed by atoms with E-state index in [0.717, 1.165) is 45.3 Å². The van der Waals surface area contributed by atoms with Crippen LogP contribution in [-0.2, 0) is 0 Å². The molecule has 3 rings (SSSR count). The van der Waals surface area contributed by atoms with Crippen molar-refractivity contribution < 1.29 is 4.74 Å². The van der Waals surface area contributed by atoms with Crippen molar-refractivity contribution in [3.63, 3.8) is 0 Å². The van der Waals surface area contributed by atoms with Gasteiger partial charge in [-0.2, -0.15) is 0 Å². The second-order valence-corrected chi connectivity index (χ2v) is 6.27. The Morgan fingerprint density at radius 2 is 1.86 bits per heavy atom. The van der Waals surface area contributed by atoms with E-state index in [2.05, 4.69) is 5.32 Å². The molecule has 0 amide bonds. The maximum absolute atomic E-state index is 12.6. The Balaban J connectivity index is 1.96. The lowest BCUT2D eigenvalue weighted by Gasteiger charge is -2.09. The van der Waals surface area contributed by atoms with Crippen LogP contribution in [0.2, 0.25) is 0 Å². The predicted octanol–water partition coefficient (Wildman–Crippen LogP) is 3.79. The van der Waals surface area contributed by atoms with Gasteiger partial charge in [-0.3, -0.25) is 4.79 Å². The van der Waals surface area contributed by atoms with E-state index in [1.165, 1.54) is 0 Å². The van der Waals surface area contributed by atoms with Crippen molar-refractivity contribution in [1.29, 1.82) is 0 Å². The van der Waals surface area contributed by atoms with Gasteiger partial charge in [-0.15, -0.1) is 11.3 Å². The zero-order valence-corrected chi connectivity index (χ0v) is 13.4. The van der Waals surface area contributed by atoms with E-state index in [4.69, 9.17) is 4.74 Å². The summed E-state index contributed by atoms with van der Waals surface area (Å²) >= 11 is 1.62. The topological polar surface area (TPSA) is 38.3 Å². The first-order valence-electron chi connectivity index (χ1n) is 7.53. The van der Waals surface area contributed by atoms with Crippen LogP contribution in [-0.4, -0.2) is 20.2 Å². The Labute approximate surface area is 133 Å². The van der Waals surface area contributed by atoms with Crippen LogP contribution < -0.4 is 15.5 Å². The van der Waals surface area contributed by atoms with Crippen LogP contribution in [0.15, 0.2) is 47.3 Å². The van der Waals surface area contributed by atoms with E-state index in [1.807, 2.05) is 49.5 Å². The molecule has 114 valence electrons. The molecule has 0 aliphatic heterocycles. The number of hydrogen-bond acceptors (Lipinski definition) is 4. The fourth-order valence-corrected chi connectivity index (χ4v) is 3.63. The zero-order chi connectivity index (χ0) is 15.4. The molecule has 0 unspecified atom stereocenters. The minimum Gasteiger partial charge on any atom is -0.492 e. The van der Waals surface area contributed by atoms with E-state index in [-0.39, 0.29) is 5.43 Å². The molecule has 22 heavy (non-hydrogen) atoms. The molecule has 2 aromatic carbocycles. The second kappa shape index (κ2) is 6.90. The first kappa shape index (κ1) is 15.0. The second-order valence-electron chi connectivity index (χ2n) is 5.22. The average Bonchev–Trinajstić information content (AvgIpc) is 2.55. The predicted molar refractivity (Wildman–Crippen MR) is 94.3 cm³/mol. The monoisotopic (exact) mass is 313 g/mol. The van der Waals surface area contributed by atoms with E-state index in [9.17, 15) is 4.79 Å². The third kappa shape index (κ3) is 2.98. The van der Waals surface area contributed by atoms with Gasteiger partial charge < -0.3 is 10.1 Å². The smallest absolute Gasteiger partial charge is 0.196 e. The van der Waals surface area contributed by atoms with Crippen molar-refractivity contribution in [2.45, 2.75) is 12.8 Å². The SMILES string of the molecule is CNCCCCOc1cccc2c(=O)c3ccccc3sc12. The number of unbranched alkanes of at least 4 members (excludes halogenated alkanes) is 1. The summed E-state index contributed by atoms with van der Waals surface area (Å²) in [4.78, 5) is 12.6. The Hall–Kier alpha value is -1.91. The number of ether oxygens (including phenoxy) is 1. The summed E-state index contributed by atoms with van der Waals surface area (Å²) in [6.45, 7) is 1.67. The number of nitrogens with one attached hydrogen (secondary N) is 1. The summed E-state index contributed by atoms with van der Waals surface area (Å²) in [5, 5.41) is 4.66. The fourth-order valence-electron chi connectivity index (χ4n) is 2.50. The molecule has 0 bridgehead atoms. The van der Waals surface area contributed by atoms with Gasteiger partial charge in [0.1, 0.15) is 5.75 Å². The van der Waals surface area contributed by atoms with E-state index in [1.54, 1.807) is 11.3 Å². The lowest BCUT2D eigenvalue weighted by molar-refractivity contribution is 0.310. The number of rotatable bonds is 6. The Bertz CT molecular complexity index is 841. The van der Waals surface area contributed by atoms with Crippen LogP contribution in [0.1, 0.15) is 12.8 Å². The molecule has 0 spiro atoms. The molecule has 0 aliphatic rings. The zero-order valence-electron chi connectivity index (χ0n) is 12.6. The van der Waals surface area contributed by atoms with Gasteiger partial charge in [-0.05, 0) is 50.7 Å². The van der Waals surface area contributed by atoms with Gasteiger partial charge in [0.25, 0.3) is 0 Å². The largest absolute Gasteiger partial charge is 0.492 e. The Morgan fingerprint density at radius 1 is 1.05 bits per heavy atom.